The first-order valence-corrected chi connectivity index (χ1v) is 6.34. The molecule has 0 bridgehead atoms. The SMILES string of the molecule is N#Cc1ccc(C=Cc2cnc(C(Cl)(Cl)Cl)o2)cc1. The number of rotatable bonds is 2. The van der Waals surface area contributed by atoms with Gasteiger partial charge in [-0.05, 0) is 23.8 Å². The summed E-state index contributed by atoms with van der Waals surface area (Å²) < 4.78 is 3.60. The van der Waals surface area contributed by atoms with E-state index in [0.717, 1.165) is 5.56 Å². The Morgan fingerprint density at radius 2 is 1.84 bits per heavy atom. The number of hydrogen-bond donors (Lipinski definition) is 0. The van der Waals surface area contributed by atoms with E-state index in [1.807, 2.05) is 18.2 Å². The number of alkyl halides is 3. The van der Waals surface area contributed by atoms with Gasteiger partial charge in [0.2, 0.25) is 5.89 Å². The molecule has 0 N–H and O–H groups in total. The number of oxazole rings is 1. The molecule has 0 saturated carbocycles. The molecule has 3 nitrogen and oxygen atoms in total. The van der Waals surface area contributed by atoms with Crippen molar-refractivity contribution in [1.29, 1.82) is 5.26 Å². The predicted molar refractivity (Wildman–Crippen MR) is 75.8 cm³/mol. The molecule has 1 heterocycles. The second kappa shape index (κ2) is 5.66. The van der Waals surface area contributed by atoms with E-state index >= 15 is 0 Å². The Kier molecular flexibility index (Phi) is 4.16. The van der Waals surface area contributed by atoms with Gasteiger partial charge in [-0.2, -0.15) is 5.26 Å². The van der Waals surface area contributed by atoms with Gasteiger partial charge in [0.15, 0.2) is 0 Å². The fourth-order valence-electron chi connectivity index (χ4n) is 1.34. The molecule has 0 aliphatic rings. The molecule has 0 amide bonds. The predicted octanol–water partition coefficient (Wildman–Crippen LogP) is 4.54. The maximum atomic E-state index is 8.69. The van der Waals surface area contributed by atoms with Crippen LogP contribution in [0, 0.1) is 11.3 Å². The minimum atomic E-state index is -1.67. The molecule has 0 spiro atoms. The molecular weight excluding hydrogens is 307 g/mol. The molecule has 0 radical (unpaired) electrons. The summed E-state index contributed by atoms with van der Waals surface area (Å²) in [6, 6.07) is 9.15. The van der Waals surface area contributed by atoms with E-state index in [1.54, 1.807) is 18.2 Å². The summed E-state index contributed by atoms with van der Waals surface area (Å²) in [7, 11) is 0. The highest BCUT2D eigenvalue weighted by molar-refractivity contribution is 6.66. The summed E-state index contributed by atoms with van der Waals surface area (Å²) in [6.07, 6.45) is 4.98. The second-order valence-corrected chi connectivity index (χ2v) is 5.91. The van der Waals surface area contributed by atoms with Crippen LogP contribution in [0.15, 0.2) is 34.9 Å². The number of nitrogens with zero attached hydrogens (tertiary/aromatic N) is 2. The van der Waals surface area contributed by atoms with Crippen LogP contribution in [0.1, 0.15) is 22.8 Å². The Labute approximate surface area is 125 Å². The average Bonchev–Trinajstić information content (AvgIpc) is 2.86. The maximum absolute atomic E-state index is 8.69. The van der Waals surface area contributed by atoms with Gasteiger partial charge >= 0.3 is 0 Å². The van der Waals surface area contributed by atoms with E-state index in [0.29, 0.717) is 11.3 Å². The van der Waals surface area contributed by atoms with Gasteiger partial charge in [-0.15, -0.1) is 0 Å². The Balaban J connectivity index is 2.14. The van der Waals surface area contributed by atoms with Crippen LogP contribution in [0.5, 0.6) is 0 Å². The fourth-order valence-corrected chi connectivity index (χ4v) is 1.60. The molecule has 96 valence electrons. The Morgan fingerprint density at radius 1 is 1.16 bits per heavy atom. The molecule has 19 heavy (non-hydrogen) atoms. The first-order valence-electron chi connectivity index (χ1n) is 5.20. The zero-order chi connectivity index (χ0) is 13.9. The zero-order valence-corrected chi connectivity index (χ0v) is 11.7. The van der Waals surface area contributed by atoms with Gasteiger partial charge in [0.1, 0.15) is 5.76 Å². The maximum Gasteiger partial charge on any atom is 0.266 e. The number of aromatic nitrogens is 1. The summed E-state index contributed by atoms with van der Waals surface area (Å²) in [5.41, 5.74) is 1.53. The molecule has 0 atom stereocenters. The van der Waals surface area contributed by atoms with Crippen molar-refractivity contribution in [3.05, 3.63) is 53.2 Å². The Bertz CT molecular complexity index is 633. The third-order valence-electron chi connectivity index (χ3n) is 2.25. The van der Waals surface area contributed by atoms with Crippen LogP contribution in [-0.4, -0.2) is 4.98 Å². The number of hydrogen-bond acceptors (Lipinski definition) is 3. The summed E-state index contributed by atoms with van der Waals surface area (Å²) >= 11 is 16.9. The van der Waals surface area contributed by atoms with Gasteiger partial charge in [-0.3, -0.25) is 0 Å². The van der Waals surface area contributed by atoms with E-state index in [2.05, 4.69) is 11.1 Å². The summed E-state index contributed by atoms with van der Waals surface area (Å²) in [4.78, 5) is 3.87. The summed E-state index contributed by atoms with van der Waals surface area (Å²) in [6.45, 7) is 0. The average molecular weight is 314 g/mol. The van der Waals surface area contributed by atoms with E-state index in [9.17, 15) is 0 Å². The molecule has 6 heteroatoms. The van der Waals surface area contributed by atoms with Crippen molar-refractivity contribution in [3.63, 3.8) is 0 Å². The normalized spacial score (nSPS) is 11.7. The van der Waals surface area contributed by atoms with Crippen LogP contribution in [0.3, 0.4) is 0 Å². The van der Waals surface area contributed by atoms with E-state index < -0.39 is 3.79 Å². The van der Waals surface area contributed by atoms with Crippen molar-refractivity contribution in [2.24, 2.45) is 0 Å². The summed E-state index contributed by atoms with van der Waals surface area (Å²) in [5.74, 6) is 0.502. The standard InChI is InChI=1S/C13H7Cl3N2O/c14-13(15,16)12-18-8-11(19-12)6-5-9-1-3-10(7-17)4-2-9/h1-6,8H. The van der Waals surface area contributed by atoms with Crippen LogP contribution in [0.2, 0.25) is 0 Å². The zero-order valence-electron chi connectivity index (χ0n) is 9.48. The van der Waals surface area contributed by atoms with Gasteiger partial charge in [0, 0.05) is 0 Å². The minimum Gasteiger partial charge on any atom is -0.437 e. The number of halogens is 3. The largest absolute Gasteiger partial charge is 0.437 e. The molecule has 1 aromatic heterocycles. The van der Waals surface area contributed by atoms with Gasteiger partial charge < -0.3 is 4.42 Å². The molecule has 0 saturated heterocycles. The first kappa shape index (κ1) is 14.0. The molecule has 0 aliphatic heterocycles. The quantitative estimate of drug-likeness (QED) is 0.765. The van der Waals surface area contributed by atoms with E-state index in [1.165, 1.54) is 6.20 Å². The molecule has 0 unspecified atom stereocenters. The smallest absolute Gasteiger partial charge is 0.266 e. The van der Waals surface area contributed by atoms with Crippen molar-refractivity contribution in [1.82, 2.24) is 4.98 Å². The lowest BCUT2D eigenvalue weighted by Crippen LogP contribution is -1.99. The minimum absolute atomic E-state index is 0.0250. The van der Waals surface area contributed by atoms with E-state index in [4.69, 9.17) is 44.5 Å². The van der Waals surface area contributed by atoms with Crippen LogP contribution in [0.25, 0.3) is 12.2 Å². The lowest BCUT2D eigenvalue weighted by atomic mass is 10.1. The topological polar surface area (TPSA) is 49.8 Å². The van der Waals surface area contributed by atoms with E-state index in [-0.39, 0.29) is 5.89 Å². The van der Waals surface area contributed by atoms with Gasteiger partial charge in [-0.1, -0.05) is 53.0 Å². The highest BCUT2D eigenvalue weighted by Gasteiger charge is 2.28. The molecule has 2 rings (SSSR count). The monoisotopic (exact) mass is 312 g/mol. The van der Waals surface area contributed by atoms with Crippen LogP contribution < -0.4 is 0 Å². The third kappa shape index (κ3) is 3.74. The Morgan fingerprint density at radius 3 is 2.37 bits per heavy atom. The van der Waals surface area contributed by atoms with Crippen molar-refractivity contribution < 1.29 is 4.42 Å². The highest BCUT2D eigenvalue weighted by Crippen LogP contribution is 2.37. The number of nitriles is 1. The van der Waals surface area contributed by atoms with Crippen LogP contribution in [-0.2, 0) is 3.79 Å². The fraction of sp³-hybridized carbons (Fsp3) is 0.0769. The molecule has 0 aliphatic carbocycles. The molecule has 1 aromatic carbocycles. The first-order chi connectivity index (χ1) is 8.99. The van der Waals surface area contributed by atoms with Gasteiger partial charge in [0.25, 0.3) is 3.79 Å². The lowest BCUT2D eigenvalue weighted by Gasteiger charge is -2.03. The van der Waals surface area contributed by atoms with Gasteiger partial charge in [-0.25, -0.2) is 4.98 Å². The molecule has 2 aromatic rings. The molecular formula is C13H7Cl3N2O. The Hall–Kier alpha value is -1.47. The highest BCUT2D eigenvalue weighted by atomic mass is 35.6. The van der Waals surface area contributed by atoms with Crippen molar-refractivity contribution in [2.45, 2.75) is 3.79 Å². The second-order valence-electron chi connectivity index (χ2n) is 3.63. The van der Waals surface area contributed by atoms with Crippen LogP contribution in [0.4, 0.5) is 0 Å². The van der Waals surface area contributed by atoms with Crippen molar-refractivity contribution in [3.8, 4) is 6.07 Å². The van der Waals surface area contributed by atoms with Gasteiger partial charge in [0.05, 0.1) is 17.8 Å². The third-order valence-corrected chi connectivity index (χ3v) is 2.73. The van der Waals surface area contributed by atoms with Crippen molar-refractivity contribution in [2.75, 3.05) is 0 Å². The summed E-state index contributed by atoms with van der Waals surface area (Å²) in [5, 5.41) is 8.69. The lowest BCUT2D eigenvalue weighted by molar-refractivity contribution is 0.495. The number of benzene rings is 1. The molecule has 0 fully saturated rings. The van der Waals surface area contributed by atoms with Crippen molar-refractivity contribution >= 4 is 47.0 Å². The van der Waals surface area contributed by atoms with Crippen LogP contribution >= 0.6 is 34.8 Å².